The number of likely N-dealkylation sites (N-methyl/N-ethyl adjacent to an activating group) is 1. The Hall–Kier alpha value is -0.650. The Bertz CT molecular complexity index is 303. The fourth-order valence-electron chi connectivity index (χ4n) is 3.39. The van der Waals surface area contributed by atoms with Gasteiger partial charge in [-0.1, -0.05) is 0 Å². The molecule has 1 amide bonds. The van der Waals surface area contributed by atoms with Crippen LogP contribution in [0.25, 0.3) is 0 Å². The third-order valence-corrected chi connectivity index (χ3v) is 4.53. The topological polar surface area (TPSA) is 47.0 Å². The molecule has 2 heterocycles. The van der Waals surface area contributed by atoms with E-state index in [1.807, 2.05) is 11.9 Å². The van der Waals surface area contributed by atoms with Gasteiger partial charge in [0, 0.05) is 26.7 Å². The molecule has 2 rings (SSSR count). The molecule has 0 saturated carbocycles. The van der Waals surface area contributed by atoms with Crippen molar-refractivity contribution in [1.82, 2.24) is 14.7 Å². The zero-order valence-corrected chi connectivity index (χ0v) is 12.8. The van der Waals surface area contributed by atoms with Crippen molar-refractivity contribution in [3.8, 4) is 0 Å². The van der Waals surface area contributed by atoms with Gasteiger partial charge < -0.3 is 14.9 Å². The van der Waals surface area contributed by atoms with Gasteiger partial charge in [-0.15, -0.1) is 0 Å². The van der Waals surface area contributed by atoms with Gasteiger partial charge in [0.15, 0.2) is 0 Å². The van der Waals surface area contributed by atoms with Gasteiger partial charge in [0.25, 0.3) is 0 Å². The zero-order valence-electron chi connectivity index (χ0n) is 12.8. The van der Waals surface area contributed by atoms with Crippen molar-refractivity contribution >= 4 is 5.91 Å². The molecule has 0 radical (unpaired) electrons. The minimum absolute atomic E-state index is 0.233. The molecule has 5 nitrogen and oxygen atoms in total. The molecule has 0 unspecified atom stereocenters. The Kier molecular flexibility index (Phi) is 6.26. The summed E-state index contributed by atoms with van der Waals surface area (Å²) in [6, 6.07) is 0. The number of rotatable bonds is 6. The molecule has 0 aromatic carbocycles. The molecule has 116 valence electrons. The molecule has 0 spiro atoms. The van der Waals surface area contributed by atoms with Gasteiger partial charge in [-0.3, -0.25) is 9.69 Å². The van der Waals surface area contributed by atoms with Gasteiger partial charge in [-0.25, -0.2) is 0 Å². The summed E-state index contributed by atoms with van der Waals surface area (Å²) < 4.78 is 0. The second kappa shape index (κ2) is 7.96. The van der Waals surface area contributed by atoms with Crippen molar-refractivity contribution in [2.45, 2.75) is 25.7 Å². The fourth-order valence-corrected chi connectivity index (χ4v) is 3.39. The predicted molar refractivity (Wildman–Crippen MR) is 79.6 cm³/mol. The van der Waals surface area contributed by atoms with Crippen LogP contribution in [0.5, 0.6) is 0 Å². The quantitative estimate of drug-likeness (QED) is 0.759. The summed E-state index contributed by atoms with van der Waals surface area (Å²) in [7, 11) is 1.93. The van der Waals surface area contributed by atoms with Crippen LogP contribution in [0.4, 0.5) is 0 Å². The number of hydrogen-bond acceptors (Lipinski definition) is 4. The number of piperidine rings is 1. The first-order valence-electron chi connectivity index (χ1n) is 7.98. The van der Waals surface area contributed by atoms with E-state index in [2.05, 4.69) is 9.80 Å². The summed E-state index contributed by atoms with van der Waals surface area (Å²) in [5.41, 5.74) is 0. The van der Waals surface area contributed by atoms with Crippen LogP contribution in [0, 0.1) is 5.92 Å². The highest BCUT2D eigenvalue weighted by Gasteiger charge is 2.23. The highest BCUT2D eigenvalue weighted by atomic mass is 16.3. The van der Waals surface area contributed by atoms with Gasteiger partial charge in [-0.05, 0) is 51.2 Å². The first-order valence-corrected chi connectivity index (χ1v) is 7.98. The van der Waals surface area contributed by atoms with Gasteiger partial charge in [-0.2, -0.15) is 0 Å². The molecule has 0 aromatic rings. The molecule has 1 atom stereocenters. The summed E-state index contributed by atoms with van der Waals surface area (Å²) in [4.78, 5) is 18.7. The van der Waals surface area contributed by atoms with Crippen molar-refractivity contribution in [2.75, 3.05) is 59.5 Å². The van der Waals surface area contributed by atoms with Gasteiger partial charge in [0.1, 0.15) is 0 Å². The zero-order chi connectivity index (χ0) is 14.4. The molecular weight excluding hydrogens is 254 g/mol. The van der Waals surface area contributed by atoms with Gasteiger partial charge in [0.05, 0.1) is 13.2 Å². The molecule has 2 aliphatic rings. The normalized spacial score (nSPS) is 25.0. The molecule has 0 aromatic heterocycles. The molecule has 20 heavy (non-hydrogen) atoms. The van der Waals surface area contributed by atoms with Crippen LogP contribution in [-0.2, 0) is 4.79 Å². The smallest absolute Gasteiger partial charge is 0.236 e. The fraction of sp³-hybridized carbons (Fsp3) is 0.933. The standard InChI is InChI=1S/C15H29N3O2/c1-16(15(20)13-17-6-2-3-7-17)11-14-5-4-8-18(12-14)9-10-19/h14,19H,2-13H2,1H3/t14-/m1/s1. The van der Waals surface area contributed by atoms with Crippen LogP contribution in [0.15, 0.2) is 0 Å². The number of aliphatic hydroxyl groups excluding tert-OH is 1. The third-order valence-electron chi connectivity index (χ3n) is 4.53. The van der Waals surface area contributed by atoms with Crippen LogP contribution >= 0.6 is 0 Å². The maximum Gasteiger partial charge on any atom is 0.236 e. The number of likely N-dealkylation sites (tertiary alicyclic amines) is 2. The number of amides is 1. The van der Waals surface area contributed by atoms with Crippen molar-refractivity contribution in [2.24, 2.45) is 5.92 Å². The summed E-state index contributed by atoms with van der Waals surface area (Å²) in [6.07, 6.45) is 4.84. The Morgan fingerprint density at radius 1 is 1.20 bits per heavy atom. The number of hydrogen-bond donors (Lipinski definition) is 1. The lowest BCUT2D eigenvalue weighted by molar-refractivity contribution is -0.131. The molecule has 5 heteroatoms. The van der Waals surface area contributed by atoms with Crippen molar-refractivity contribution in [1.29, 1.82) is 0 Å². The van der Waals surface area contributed by atoms with E-state index in [-0.39, 0.29) is 12.5 Å². The highest BCUT2D eigenvalue weighted by Crippen LogP contribution is 2.17. The van der Waals surface area contributed by atoms with Crippen LogP contribution in [0.2, 0.25) is 0 Å². The Morgan fingerprint density at radius 3 is 2.60 bits per heavy atom. The first kappa shape index (κ1) is 15.7. The number of aliphatic hydroxyl groups is 1. The third kappa shape index (κ3) is 4.72. The van der Waals surface area contributed by atoms with E-state index in [9.17, 15) is 4.79 Å². The van der Waals surface area contributed by atoms with E-state index in [0.29, 0.717) is 12.5 Å². The summed E-state index contributed by atoms with van der Waals surface area (Å²) in [5.74, 6) is 0.814. The molecule has 1 N–H and O–H groups in total. The van der Waals surface area contributed by atoms with E-state index in [0.717, 1.165) is 39.3 Å². The number of nitrogens with zero attached hydrogens (tertiary/aromatic N) is 3. The SMILES string of the molecule is CN(C[C@H]1CCCN(CCO)C1)C(=O)CN1CCCC1. The van der Waals surface area contributed by atoms with Crippen molar-refractivity contribution in [3.63, 3.8) is 0 Å². The van der Waals surface area contributed by atoms with E-state index in [4.69, 9.17) is 5.11 Å². The maximum absolute atomic E-state index is 12.2. The lowest BCUT2D eigenvalue weighted by Gasteiger charge is -2.34. The first-order chi connectivity index (χ1) is 9.69. The monoisotopic (exact) mass is 283 g/mol. The van der Waals surface area contributed by atoms with E-state index in [1.54, 1.807) is 0 Å². The summed E-state index contributed by atoms with van der Waals surface area (Å²) >= 11 is 0. The van der Waals surface area contributed by atoms with Crippen LogP contribution < -0.4 is 0 Å². The van der Waals surface area contributed by atoms with Crippen molar-refractivity contribution in [3.05, 3.63) is 0 Å². The number of carbonyl (C=O) groups is 1. The average Bonchev–Trinajstić information content (AvgIpc) is 2.92. The summed E-state index contributed by atoms with van der Waals surface area (Å²) in [6.45, 7) is 6.70. The lowest BCUT2D eigenvalue weighted by Crippen LogP contribution is -2.44. The molecule has 2 aliphatic heterocycles. The van der Waals surface area contributed by atoms with E-state index >= 15 is 0 Å². The minimum atomic E-state index is 0.233. The molecule has 2 fully saturated rings. The highest BCUT2D eigenvalue weighted by molar-refractivity contribution is 5.78. The van der Waals surface area contributed by atoms with Crippen LogP contribution in [-0.4, -0.2) is 85.2 Å². The number of carbonyl (C=O) groups excluding carboxylic acids is 1. The second-order valence-corrected chi connectivity index (χ2v) is 6.29. The number of β-amino-alcohol motifs (C(OH)–C–C–N with tert-alkyl or cyclic N) is 1. The molecule has 2 saturated heterocycles. The minimum Gasteiger partial charge on any atom is -0.395 e. The Labute approximate surface area is 122 Å². The van der Waals surface area contributed by atoms with Crippen molar-refractivity contribution < 1.29 is 9.90 Å². The molecule has 0 bridgehead atoms. The van der Waals surface area contributed by atoms with Crippen LogP contribution in [0.3, 0.4) is 0 Å². The average molecular weight is 283 g/mol. The van der Waals surface area contributed by atoms with E-state index < -0.39 is 0 Å². The van der Waals surface area contributed by atoms with Crippen LogP contribution in [0.1, 0.15) is 25.7 Å². The second-order valence-electron chi connectivity index (χ2n) is 6.29. The Balaban J connectivity index is 1.72. The van der Waals surface area contributed by atoms with Gasteiger partial charge >= 0.3 is 0 Å². The summed E-state index contributed by atoms with van der Waals surface area (Å²) in [5, 5.41) is 9.02. The Morgan fingerprint density at radius 2 is 1.90 bits per heavy atom. The largest absolute Gasteiger partial charge is 0.395 e. The predicted octanol–water partition coefficient (Wildman–Crippen LogP) is 0.245. The van der Waals surface area contributed by atoms with Gasteiger partial charge in [0.2, 0.25) is 5.91 Å². The maximum atomic E-state index is 12.2. The molecule has 0 aliphatic carbocycles. The molecular formula is C15H29N3O2. The lowest BCUT2D eigenvalue weighted by atomic mass is 9.97. The van der Waals surface area contributed by atoms with E-state index in [1.165, 1.54) is 25.7 Å².